The number of allylic oxidation sites excluding steroid dienone is 1. The van der Waals surface area contributed by atoms with E-state index in [2.05, 4.69) is 5.18 Å². The maximum Gasteiger partial charge on any atom is 0.101 e. The van der Waals surface area contributed by atoms with E-state index in [1.165, 1.54) is 0 Å². The number of halogens is 1. The summed E-state index contributed by atoms with van der Waals surface area (Å²) in [5, 5.41) is 12.6. The maximum atomic E-state index is 12.9. The lowest BCUT2D eigenvalue weighted by molar-refractivity contribution is 0.206. The van der Waals surface area contributed by atoms with E-state index in [1.54, 1.807) is 13.0 Å². The van der Waals surface area contributed by atoms with Gasteiger partial charge in [-0.15, -0.1) is 0 Å². The van der Waals surface area contributed by atoms with Crippen molar-refractivity contribution in [3.05, 3.63) is 17.1 Å². The van der Waals surface area contributed by atoms with Gasteiger partial charge in [-0.25, -0.2) is 4.39 Å². The first-order chi connectivity index (χ1) is 8.11. The van der Waals surface area contributed by atoms with Crippen LogP contribution in [0.4, 0.5) is 4.39 Å². The van der Waals surface area contributed by atoms with Crippen LogP contribution in [0.3, 0.4) is 0 Å². The molecule has 0 radical (unpaired) electrons. The summed E-state index contributed by atoms with van der Waals surface area (Å²) < 4.78 is 12.9. The second-order valence-electron chi connectivity index (χ2n) is 5.01. The topological polar surface area (TPSA) is 49.7 Å². The molecule has 1 saturated carbocycles. The molecule has 1 aliphatic carbocycles. The molecule has 1 N–H and O–H groups in total. The van der Waals surface area contributed by atoms with E-state index in [4.69, 9.17) is 0 Å². The number of alkyl halides is 1. The van der Waals surface area contributed by atoms with E-state index < -0.39 is 12.3 Å². The fraction of sp³-hybridized carbons (Fsp3) is 0.846. The highest BCUT2D eigenvalue weighted by Gasteiger charge is 2.21. The summed E-state index contributed by atoms with van der Waals surface area (Å²) in [6.45, 7) is 1.77. The average molecular weight is 243 g/mol. The van der Waals surface area contributed by atoms with Gasteiger partial charge in [0.25, 0.3) is 0 Å². The van der Waals surface area contributed by atoms with Gasteiger partial charge in [0, 0.05) is 0 Å². The fourth-order valence-corrected chi connectivity index (χ4v) is 2.19. The molecule has 0 aromatic heterocycles. The largest absolute Gasteiger partial charge is 0.389 e. The molecule has 3 nitrogen and oxygen atoms in total. The number of nitrogens with zero attached hydrogens (tertiary/aromatic N) is 1. The monoisotopic (exact) mass is 243 g/mol. The third kappa shape index (κ3) is 5.91. The highest BCUT2D eigenvalue weighted by molar-refractivity contribution is 4.96. The molecule has 4 heteroatoms. The normalized spacial score (nSPS) is 28.4. The second kappa shape index (κ2) is 7.54. The van der Waals surface area contributed by atoms with Gasteiger partial charge in [-0.1, -0.05) is 17.3 Å². The van der Waals surface area contributed by atoms with Gasteiger partial charge in [0.05, 0.1) is 12.1 Å². The molecule has 0 heterocycles. The molecular formula is C13H22FNO2. The summed E-state index contributed by atoms with van der Waals surface area (Å²) in [6, 6.07) is -0.173. The summed E-state index contributed by atoms with van der Waals surface area (Å²) >= 11 is 0. The van der Waals surface area contributed by atoms with Gasteiger partial charge in [-0.2, -0.15) is 4.91 Å². The molecule has 4 atom stereocenters. The number of aliphatic hydroxyl groups is 1. The number of hydrogen-bond donors (Lipinski definition) is 1. The van der Waals surface area contributed by atoms with Crippen molar-refractivity contribution in [2.75, 3.05) is 0 Å². The summed E-state index contributed by atoms with van der Waals surface area (Å²) in [5.41, 5.74) is 0. The van der Waals surface area contributed by atoms with Crippen LogP contribution in [-0.4, -0.2) is 23.4 Å². The fourth-order valence-electron chi connectivity index (χ4n) is 2.19. The third-order valence-corrected chi connectivity index (χ3v) is 3.32. The molecule has 1 aliphatic rings. The van der Waals surface area contributed by atoms with E-state index in [9.17, 15) is 14.4 Å². The van der Waals surface area contributed by atoms with E-state index in [1.807, 2.05) is 6.08 Å². The lowest BCUT2D eigenvalue weighted by Gasteiger charge is -2.07. The van der Waals surface area contributed by atoms with Crippen LogP contribution in [0.2, 0.25) is 0 Å². The Labute approximate surface area is 102 Å². The van der Waals surface area contributed by atoms with Crippen molar-refractivity contribution < 1.29 is 9.50 Å². The number of hydrogen-bond acceptors (Lipinski definition) is 3. The van der Waals surface area contributed by atoms with Crippen LogP contribution in [0.1, 0.15) is 45.4 Å². The second-order valence-corrected chi connectivity index (χ2v) is 5.01. The molecule has 17 heavy (non-hydrogen) atoms. The summed E-state index contributed by atoms with van der Waals surface area (Å²) in [4.78, 5) is 10.1. The molecule has 0 aromatic rings. The average Bonchev–Trinajstić information content (AvgIpc) is 2.72. The molecule has 0 bridgehead atoms. The van der Waals surface area contributed by atoms with Crippen molar-refractivity contribution >= 4 is 0 Å². The minimum absolute atomic E-state index is 0.173. The van der Waals surface area contributed by atoms with Crippen LogP contribution < -0.4 is 0 Å². The first-order valence-electron chi connectivity index (χ1n) is 6.44. The van der Waals surface area contributed by atoms with Crippen LogP contribution in [0.5, 0.6) is 0 Å². The zero-order valence-electron chi connectivity index (χ0n) is 10.4. The molecule has 1 fully saturated rings. The maximum absolute atomic E-state index is 12.9. The van der Waals surface area contributed by atoms with Gasteiger partial charge in [0.2, 0.25) is 0 Å². The van der Waals surface area contributed by atoms with E-state index in [0.29, 0.717) is 25.7 Å². The van der Waals surface area contributed by atoms with Gasteiger partial charge >= 0.3 is 0 Å². The van der Waals surface area contributed by atoms with Gasteiger partial charge < -0.3 is 5.11 Å². The molecule has 0 saturated heterocycles. The Hall–Kier alpha value is -0.770. The van der Waals surface area contributed by atoms with Crippen molar-refractivity contribution in [3.63, 3.8) is 0 Å². The number of rotatable bonds is 7. The van der Waals surface area contributed by atoms with Crippen LogP contribution in [-0.2, 0) is 0 Å². The Morgan fingerprint density at radius 3 is 2.82 bits per heavy atom. The minimum atomic E-state index is -0.665. The van der Waals surface area contributed by atoms with Crippen molar-refractivity contribution in [1.82, 2.24) is 0 Å². The Morgan fingerprint density at radius 2 is 2.24 bits per heavy atom. The van der Waals surface area contributed by atoms with Gasteiger partial charge in [-0.3, -0.25) is 0 Å². The standard InChI is InChI=1S/C13H22FNO2/c1-10(15-17)3-2-4-13(16)8-6-11-5-7-12(14)9-11/h6,8,10-13,16H,2-5,7,9H2,1H3/b8-6+/t10-,11-,12-,13?/m1/s1. The molecule has 98 valence electrons. The Morgan fingerprint density at radius 1 is 1.47 bits per heavy atom. The van der Waals surface area contributed by atoms with Crippen molar-refractivity contribution in [3.8, 4) is 0 Å². The first-order valence-corrected chi connectivity index (χ1v) is 6.44. The van der Waals surface area contributed by atoms with Crippen LogP contribution >= 0.6 is 0 Å². The predicted octanol–water partition coefficient (Wildman–Crippen LogP) is 3.37. The van der Waals surface area contributed by atoms with Crippen LogP contribution in [0.25, 0.3) is 0 Å². The molecule has 0 aromatic carbocycles. The van der Waals surface area contributed by atoms with Crippen molar-refractivity contribution in [2.45, 2.75) is 63.8 Å². The van der Waals surface area contributed by atoms with Crippen molar-refractivity contribution in [1.29, 1.82) is 0 Å². The Balaban J connectivity index is 2.13. The Bertz CT molecular complexity index is 258. The van der Waals surface area contributed by atoms with Crippen molar-refractivity contribution in [2.24, 2.45) is 11.1 Å². The molecule has 1 rings (SSSR count). The van der Waals surface area contributed by atoms with E-state index in [-0.39, 0.29) is 12.0 Å². The summed E-state index contributed by atoms with van der Waals surface area (Å²) in [6.07, 6.45) is 6.82. The molecule has 1 unspecified atom stereocenters. The number of nitroso groups, excluding NO2 is 1. The van der Waals surface area contributed by atoms with E-state index in [0.717, 1.165) is 12.8 Å². The van der Waals surface area contributed by atoms with Crippen LogP contribution in [0.15, 0.2) is 17.3 Å². The zero-order chi connectivity index (χ0) is 12.7. The first kappa shape index (κ1) is 14.3. The molecule has 0 aliphatic heterocycles. The Kier molecular flexibility index (Phi) is 6.34. The highest BCUT2D eigenvalue weighted by atomic mass is 19.1. The third-order valence-electron chi connectivity index (χ3n) is 3.32. The number of aliphatic hydroxyl groups excluding tert-OH is 1. The minimum Gasteiger partial charge on any atom is -0.389 e. The molecule has 0 spiro atoms. The lowest BCUT2D eigenvalue weighted by atomic mass is 10.0. The zero-order valence-corrected chi connectivity index (χ0v) is 10.4. The summed E-state index contributed by atoms with van der Waals surface area (Å²) in [5.74, 6) is 0.287. The van der Waals surface area contributed by atoms with Crippen LogP contribution in [0, 0.1) is 10.8 Å². The van der Waals surface area contributed by atoms with Gasteiger partial charge in [0.1, 0.15) is 6.17 Å². The molecule has 0 amide bonds. The van der Waals surface area contributed by atoms with Gasteiger partial charge in [0.15, 0.2) is 0 Å². The quantitative estimate of drug-likeness (QED) is 0.550. The summed E-state index contributed by atoms with van der Waals surface area (Å²) in [7, 11) is 0. The molecular weight excluding hydrogens is 221 g/mol. The smallest absolute Gasteiger partial charge is 0.101 e. The SMILES string of the molecule is C[C@H](CCCC(O)/C=C/[C@H]1CC[C@@H](F)C1)N=O. The predicted molar refractivity (Wildman–Crippen MR) is 66.5 cm³/mol. The van der Waals surface area contributed by atoms with Gasteiger partial charge in [-0.05, 0) is 51.4 Å². The highest BCUT2D eigenvalue weighted by Crippen LogP contribution is 2.28. The van der Waals surface area contributed by atoms with E-state index >= 15 is 0 Å². The lowest BCUT2D eigenvalue weighted by Crippen LogP contribution is -2.05.